The number of carbonyl (C=O) groups excluding carboxylic acids is 1. The van der Waals surface area contributed by atoms with Gasteiger partial charge in [0.2, 0.25) is 0 Å². The number of benzene rings is 1. The van der Waals surface area contributed by atoms with Gasteiger partial charge in [-0.25, -0.2) is 4.85 Å². The van der Waals surface area contributed by atoms with Crippen molar-refractivity contribution in [3.05, 3.63) is 47.5 Å². The normalized spacial score (nSPS) is 15.5. The monoisotopic (exact) mass is 354 g/mol. The van der Waals surface area contributed by atoms with Crippen LogP contribution in [-0.2, 0) is 16.1 Å². The fraction of sp³-hybridized carbons (Fsp3) is 0.421. The highest BCUT2D eigenvalue weighted by atomic mass is 16.5. The lowest BCUT2D eigenvalue weighted by Crippen LogP contribution is -2.47. The Bertz CT molecular complexity index is 771. The van der Waals surface area contributed by atoms with E-state index < -0.39 is 0 Å². The van der Waals surface area contributed by atoms with Crippen molar-refractivity contribution in [2.24, 2.45) is 0 Å². The van der Waals surface area contributed by atoms with E-state index in [1.165, 1.54) is 0 Å². The third-order valence-corrected chi connectivity index (χ3v) is 4.35. The smallest absolute Gasteiger partial charge is 0.320 e. The van der Waals surface area contributed by atoms with E-state index >= 15 is 0 Å². The Labute approximate surface area is 152 Å². The molecule has 1 fully saturated rings. The van der Waals surface area contributed by atoms with Gasteiger partial charge in [0.05, 0.1) is 26.3 Å². The Morgan fingerprint density at radius 1 is 1.23 bits per heavy atom. The van der Waals surface area contributed by atoms with E-state index in [0.29, 0.717) is 25.4 Å². The number of rotatable bonds is 6. The van der Waals surface area contributed by atoms with Gasteiger partial charge in [0, 0.05) is 37.8 Å². The van der Waals surface area contributed by atoms with Crippen molar-refractivity contribution in [3.63, 3.8) is 0 Å². The van der Waals surface area contributed by atoms with E-state index in [1.54, 1.807) is 12.1 Å². The Hall–Kier alpha value is -2.69. The quantitative estimate of drug-likeness (QED) is 0.587. The minimum absolute atomic E-state index is 0.162. The van der Waals surface area contributed by atoms with Gasteiger partial charge in [0.15, 0.2) is 11.4 Å². The molecule has 26 heavy (non-hydrogen) atoms. The second-order valence-corrected chi connectivity index (χ2v) is 6.19. The number of hydrogen-bond acceptors (Lipinski definition) is 6. The van der Waals surface area contributed by atoms with Crippen molar-refractivity contribution in [3.8, 4) is 11.3 Å². The third kappa shape index (κ3) is 4.69. The molecule has 7 nitrogen and oxygen atoms in total. The Morgan fingerprint density at radius 2 is 1.92 bits per heavy atom. The van der Waals surface area contributed by atoms with Crippen molar-refractivity contribution >= 4 is 11.7 Å². The lowest BCUT2D eigenvalue weighted by molar-refractivity contribution is -0.144. The summed E-state index contributed by atoms with van der Waals surface area (Å²) in [7, 11) is 0. The van der Waals surface area contributed by atoms with Gasteiger partial charge in [0.25, 0.3) is 0 Å². The van der Waals surface area contributed by atoms with Gasteiger partial charge in [-0.15, -0.1) is 0 Å². The van der Waals surface area contributed by atoms with E-state index in [2.05, 4.69) is 19.8 Å². The van der Waals surface area contributed by atoms with Crippen molar-refractivity contribution in [2.45, 2.75) is 13.5 Å². The highest BCUT2D eigenvalue weighted by Crippen LogP contribution is 2.23. The van der Waals surface area contributed by atoms with E-state index in [1.807, 2.05) is 25.1 Å². The SMILES string of the molecule is [C-]#[N+]c1ccc(-c2cc(CN3CCN(CC(=O)OCC)CC3)on2)cc1. The molecule has 0 unspecified atom stereocenters. The number of piperazine rings is 1. The maximum atomic E-state index is 11.5. The largest absolute Gasteiger partial charge is 0.465 e. The first kappa shape index (κ1) is 18.1. The van der Waals surface area contributed by atoms with Crippen LogP contribution < -0.4 is 0 Å². The summed E-state index contributed by atoms with van der Waals surface area (Å²) >= 11 is 0. The van der Waals surface area contributed by atoms with Crippen LogP contribution in [-0.4, -0.2) is 60.3 Å². The molecule has 1 aromatic carbocycles. The fourth-order valence-electron chi connectivity index (χ4n) is 2.95. The molecule has 1 aliphatic heterocycles. The lowest BCUT2D eigenvalue weighted by Gasteiger charge is -2.33. The van der Waals surface area contributed by atoms with Gasteiger partial charge >= 0.3 is 5.97 Å². The van der Waals surface area contributed by atoms with Gasteiger partial charge in [-0.05, 0) is 6.92 Å². The summed E-state index contributed by atoms with van der Waals surface area (Å²) in [6, 6.07) is 9.25. The van der Waals surface area contributed by atoms with Crippen molar-refractivity contribution in [2.75, 3.05) is 39.3 Å². The molecule has 0 bridgehead atoms. The summed E-state index contributed by atoms with van der Waals surface area (Å²) in [4.78, 5) is 19.3. The second kappa shape index (κ2) is 8.61. The number of hydrogen-bond donors (Lipinski definition) is 0. The van der Waals surface area contributed by atoms with Crippen LogP contribution in [0.15, 0.2) is 34.9 Å². The van der Waals surface area contributed by atoms with Crippen LogP contribution in [0.5, 0.6) is 0 Å². The zero-order valence-corrected chi connectivity index (χ0v) is 14.9. The van der Waals surface area contributed by atoms with Crippen molar-refractivity contribution < 1.29 is 14.1 Å². The molecule has 1 saturated heterocycles. The molecule has 0 spiro atoms. The molecule has 2 heterocycles. The fourth-order valence-corrected chi connectivity index (χ4v) is 2.95. The molecular weight excluding hydrogens is 332 g/mol. The maximum absolute atomic E-state index is 11.5. The van der Waals surface area contributed by atoms with E-state index in [4.69, 9.17) is 15.8 Å². The van der Waals surface area contributed by atoms with E-state index in [-0.39, 0.29) is 5.97 Å². The number of carbonyl (C=O) groups is 1. The molecule has 0 atom stereocenters. The number of esters is 1. The summed E-state index contributed by atoms with van der Waals surface area (Å²) < 4.78 is 10.5. The molecule has 0 radical (unpaired) electrons. The molecule has 0 N–H and O–H groups in total. The van der Waals surface area contributed by atoms with Crippen LogP contribution in [0.1, 0.15) is 12.7 Å². The molecule has 0 saturated carbocycles. The highest BCUT2D eigenvalue weighted by Gasteiger charge is 2.20. The molecule has 136 valence electrons. The average Bonchev–Trinajstić information content (AvgIpc) is 3.12. The lowest BCUT2D eigenvalue weighted by atomic mass is 10.1. The van der Waals surface area contributed by atoms with Crippen LogP contribution >= 0.6 is 0 Å². The molecule has 0 amide bonds. The summed E-state index contributed by atoms with van der Waals surface area (Å²) in [6.07, 6.45) is 0. The first-order chi connectivity index (χ1) is 12.7. The summed E-state index contributed by atoms with van der Waals surface area (Å²) in [6.45, 7) is 13.7. The minimum atomic E-state index is -0.162. The van der Waals surface area contributed by atoms with E-state index in [0.717, 1.165) is 43.2 Å². The standard InChI is InChI=1S/C19H22N4O3/c1-3-25-19(24)14-23-10-8-22(9-11-23)13-17-12-18(21-26-17)15-4-6-16(20-2)7-5-15/h4-7,12H,3,8-11,13-14H2,1H3. The molecular formula is C19H22N4O3. The predicted octanol–water partition coefficient (Wildman–Crippen LogP) is 2.57. The molecule has 7 heteroatoms. The van der Waals surface area contributed by atoms with Gasteiger partial charge in [0.1, 0.15) is 5.69 Å². The zero-order chi connectivity index (χ0) is 18.4. The molecule has 0 aliphatic carbocycles. The maximum Gasteiger partial charge on any atom is 0.320 e. The Kier molecular flexibility index (Phi) is 6.00. The molecule has 3 rings (SSSR count). The number of ether oxygens (including phenoxy) is 1. The van der Waals surface area contributed by atoms with Gasteiger partial charge in [-0.3, -0.25) is 14.6 Å². The minimum Gasteiger partial charge on any atom is -0.465 e. The molecule has 2 aromatic rings. The number of nitrogens with zero attached hydrogens (tertiary/aromatic N) is 4. The third-order valence-electron chi connectivity index (χ3n) is 4.35. The first-order valence-corrected chi connectivity index (χ1v) is 8.71. The van der Waals surface area contributed by atoms with Gasteiger partial charge in [-0.1, -0.05) is 29.4 Å². The van der Waals surface area contributed by atoms with Gasteiger partial charge in [-0.2, -0.15) is 0 Å². The number of aromatic nitrogens is 1. The highest BCUT2D eigenvalue weighted by molar-refractivity contribution is 5.71. The zero-order valence-electron chi connectivity index (χ0n) is 14.9. The van der Waals surface area contributed by atoms with Crippen LogP contribution in [0.3, 0.4) is 0 Å². The van der Waals surface area contributed by atoms with Crippen LogP contribution in [0.25, 0.3) is 16.1 Å². The van der Waals surface area contributed by atoms with Crippen molar-refractivity contribution in [1.29, 1.82) is 0 Å². The van der Waals surface area contributed by atoms with Crippen LogP contribution in [0, 0.1) is 6.57 Å². The van der Waals surface area contributed by atoms with Crippen LogP contribution in [0.4, 0.5) is 5.69 Å². The Morgan fingerprint density at radius 3 is 2.58 bits per heavy atom. The summed E-state index contributed by atoms with van der Waals surface area (Å²) in [5.41, 5.74) is 2.32. The average molecular weight is 354 g/mol. The van der Waals surface area contributed by atoms with Crippen molar-refractivity contribution in [1.82, 2.24) is 15.0 Å². The second-order valence-electron chi connectivity index (χ2n) is 6.19. The topological polar surface area (TPSA) is 63.2 Å². The predicted molar refractivity (Wildman–Crippen MR) is 96.6 cm³/mol. The van der Waals surface area contributed by atoms with Crippen LogP contribution in [0.2, 0.25) is 0 Å². The first-order valence-electron chi connectivity index (χ1n) is 8.71. The summed E-state index contributed by atoms with van der Waals surface area (Å²) in [5, 5.41) is 4.13. The Balaban J connectivity index is 1.51. The van der Waals surface area contributed by atoms with E-state index in [9.17, 15) is 4.79 Å². The molecule has 1 aliphatic rings. The van der Waals surface area contributed by atoms with Gasteiger partial charge < -0.3 is 9.26 Å². The molecule has 1 aromatic heterocycles. The summed E-state index contributed by atoms with van der Waals surface area (Å²) in [5.74, 6) is 0.651.